The summed E-state index contributed by atoms with van der Waals surface area (Å²) in [4.78, 5) is 40.5. The minimum absolute atomic E-state index is 0.0368. The normalized spacial score (nSPS) is 17.3. The molecule has 3 aromatic rings. The number of carboxylic acids is 1. The molecule has 1 atom stereocenters. The SMILES string of the molecule is Cc1[nH]c(-c2cc(-c3cncc(N4CCOCC4)c3)ccn2)nc1C(=O)N[C@@H]1CCOC1.O=C(O)C(F)(F)F. The fourth-order valence-corrected chi connectivity index (χ4v) is 4.02. The van der Waals surface area contributed by atoms with E-state index < -0.39 is 12.1 Å². The Morgan fingerprint density at radius 3 is 2.54 bits per heavy atom. The van der Waals surface area contributed by atoms with Crippen LogP contribution in [-0.4, -0.2) is 88.7 Å². The third-order valence-corrected chi connectivity index (χ3v) is 6.04. The average molecular weight is 549 g/mol. The van der Waals surface area contributed by atoms with Gasteiger partial charge in [-0.25, -0.2) is 9.78 Å². The number of amides is 1. The number of aliphatic carboxylic acids is 1. The molecule has 3 aromatic heterocycles. The minimum Gasteiger partial charge on any atom is -0.475 e. The first-order valence-electron chi connectivity index (χ1n) is 12.1. The van der Waals surface area contributed by atoms with E-state index in [0.717, 1.165) is 49.5 Å². The summed E-state index contributed by atoms with van der Waals surface area (Å²) in [5.74, 6) is -2.39. The number of pyridine rings is 2. The molecule has 2 saturated heterocycles. The third kappa shape index (κ3) is 7.29. The van der Waals surface area contributed by atoms with Crippen LogP contribution in [0, 0.1) is 6.92 Å². The number of rotatable bonds is 5. The van der Waals surface area contributed by atoms with Crippen LogP contribution in [0.4, 0.5) is 18.9 Å². The molecule has 0 aliphatic carbocycles. The Bertz CT molecular complexity index is 1300. The van der Waals surface area contributed by atoms with E-state index in [0.29, 0.717) is 36.1 Å². The first kappa shape index (κ1) is 28.0. The van der Waals surface area contributed by atoms with Crippen LogP contribution >= 0.6 is 0 Å². The van der Waals surface area contributed by atoms with Crippen LogP contribution in [-0.2, 0) is 14.3 Å². The van der Waals surface area contributed by atoms with E-state index in [1.807, 2.05) is 31.5 Å². The monoisotopic (exact) mass is 548 g/mol. The molecule has 2 fully saturated rings. The van der Waals surface area contributed by atoms with Crippen molar-refractivity contribution in [1.82, 2.24) is 25.3 Å². The molecule has 5 heterocycles. The number of carbonyl (C=O) groups excluding carboxylic acids is 1. The molecule has 39 heavy (non-hydrogen) atoms. The molecule has 208 valence electrons. The topological polar surface area (TPSA) is 143 Å². The van der Waals surface area contributed by atoms with E-state index >= 15 is 0 Å². The number of carbonyl (C=O) groups is 2. The van der Waals surface area contributed by atoms with Gasteiger partial charge < -0.3 is 29.8 Å². The molecule has 3 N–H and O–H groups in total. The average Bonchev–Trinajstić information content (AvgIpc) is 3.59. The van der Waals surface area contributed by atoms with E-state index in [9.17, 15) is 18.0 Å². The number of aryl methyl sites for hydroxylation is 1. The van der Waals surface area contributed by atoms with E-state index in [1.54, 1.807) is 6.20 Å². The maximum Gasteiger partial charge on any atom is 0.490 e. The standard InChI is InChI=1S/C23H26N6O3.C2HF3O2/c1-15-21(23(30)27-18-3-7-32-14-18)28-22(26-15)20-11-16(2-4-25-20)17-10-19(13-24-12-17)29-5-8-31-9-6-29;3-2(4,5)1(6)7/h2,4,10-13,18H,3,5-9,14H2,1H3,(H,26,28)(H,27,30);(H,6,7)/t18-;/m1./s1. The van der Waals surface area contributed by atoms with Gasteiger partial charge in [0.15, 0.2) is 5.82 Å². The molecule has 0 unspecified atom stereocenters. The van der Waals surface area contributed by atoms with Gasteiger partial charge >= 0.3 is 12.1 Å². The molecule has 0 spiro atoms. The summed E-state index contributed by atoms with van der Waals surface area (Å²) < 4.78 is 42.5. The molecule has 1 amide bonds. The molecule has 0 saturated carbocycles. The van der Waals surface area contributed by atoms with Gasteiger partial charge in [0, 0.05) is 43.3 Å². The van der Waals surface area contributed by atoms with Crippen molar-refractivity contribution in [2.75, 3.05) is 44.4 Å². The van der Waals surface area contributed by atoms with Gasteiger partial charge in [-0.05, 0) is 37.1 Å². The summed E-state index contributed by atoms with van der Waals surface area (Å²) in [6, 6.07) is 6.08. The smallest absolute Gasteiger partial charge is 0.475 e. The zero-order chi connectivity index (χ0) is 28.0. The van der Waals surface area contributed by atoms with Crippen molar-refractivity contribution in [3.63, 3.8) is 0 Å². The highest BCUT2D eigenvalue weighted by atomic mass is 19.4. The summed E-state index contributed by atoms with van der Waals surface area (Å²) in [7, 11) is 0. The van der Waals surface area contributed by atoms with Crippen LogP contribution in [0.5, 0.6) is 0 Å². The number of H-pyrrole nitrogens is 1. The number of anilines is 1. The van der Waals surface area contributed by atoms with E-state index in [4.69, 9.17) is 19.4 Å². The van der Waals surface area contributed by atoms with Crippen molar-refractivity contribution in [2.24, 2.45) is 0 Å². The molecular weight excluding hydrogens is 521 g/mol. The van der Waals surface area contributed by atoms with Crippen LogP contribution in [0.1, 0.15) is 22.6 Å². The zero-order valence-electron chi connectivity index (χ0n) is 21.0. The molecule has 11 nitrogen and oxygen atoms in total. The molecule has 14 heteroatoms. The van der Waals surface area contributed by atoms with Gasteiger partial charge in [0.25, 0.3) is 5.91 Å². The molecule has 0 radical (unpaired) electrons. The summed E-state index contributed by atoms with van der Waals surface area (Å²) in [6.45, 7) is 6.23. The van der Waals surface area contributed by atoms with Crippen molar-refractivity contribution in [1.29, 1.82) is 0 Å². The number of hydrogen-bond donors (Lipinski definition) is 3. The Morgan fingerprint density at radius 1 is 1.13 bits per heavy atom. The molecule has 2 aliphatic heterocycles. The molecule has 0 bridgehead atoms. The molecule has 5 rings (SSSR count). The summed E-state index contributed by atoms with van der Waals surface area (Å²) in [5, 5.41) is 10.1. The van der Waals surface area contributed by atoms with Crippen LogP contribution in [0.3, 0.4) is 0 Å². The lowest BCUT2D eigenvalue weighted by molar-refractivity contribution is -0.192. The second-order valence-corrected chi connectivity index (χ2v) is 8.86. The van der Waals surface area contributed by atoms with Crippen LogP contribution in [0.25, 0.3) is 22.6 Å². The van der Waals surface area contributed by atoms with Crippen LogP contribution in [0.15, 0.2) is 36.8 Å². The van der Waals surface area contributed by atoms with E-state index in [-0.39, 0.29) is 11.9 Å². The highest BCUT2D eigenvalue weighted by molar-refractivity contribution is 5.94. The van der Waals surface area contributed by atoms with Gasteiger partial charge in [-0.1, -0.05) is 0 Å². The van der Waals surface area contributed by atoms with Crippen molar-refractivity contribution < 1.29 is 37.3 Å². The van der Waals surface area contributed by atoms with Gasteiger partial charge in [-0.15, -0.1) is 0 Å². The molecular formula is C25H27F3N6O5. The van der Waals surface area contributed by atoms with Gasteiger partial charge in [0.2, 0.25) is 0 Å². The second-order valence-electron chi connectivity index (χ2n) is 8.86. The van der Waals surface area contributed by atoms with Gasteiger partial charge in [0.05, 0.1) is 37.7 Å². The quantitative estimate of drug-likeness (QED) is 0.439. The Balaban J connectivity index is 0.000000448. The van der Waals surface area contributed by atoms with Crippen molar-refractivity contribution in [3.8, 4) is 22.6 Å². The van der Waals surface area contributed by atoms with Crippen molar-refractivity contribution in [3.05, 3.63) is 48.2 Å². The lowest BCUT2D eigenvalue weighted by Crippen LogP contribution is -2.36. The van der Waals surface area contributed by atoms with E-state index in [2.05, 4.69) is 36.2 Å². The Morgan fingerprint density at radius 2 is 1.87 bits per heavy atom. The number of nitrogens with one attached hydrogen (secondary N) is 2. The maximum absolute atomic E-state index is 12.7. The number of aromatic nitrogens is 4. The zero-order valence-corrected chi connectivity index (χ0v) is 21.0. The predicted octanol–water partition coefficient (Wildman–Crippen LogP) is 2.83. The van der Waals surface area contributed by atoms with Gasteiger partial charge in [-0.3, -0.25) is 14.8 Å². The number of morpholine rings is 1. The predicted molar refractivity (Wildman–Crippen MR) is 133 cm³/mol. The largest absolute Gasteiger partial charge is 0.490 e. The van der Waals surface area contributed by atoms with Gasteiger partial charge in [-0.2, -0.15) is 13.2 Å². The number of alkyl halides is 3. The number of aromatic amines is 1. The lowest BCUT2D eigenvalue weighted by atomic mass is 10.1. The van der Waals surface area contributed by atoms with Crippen LogP contribution in [0.2, 0.25) is 0 Å². The number of halogens is 3. The molecule has 2 aliphatic rings. The Labute approximate surface area is 221 Å². The first-order chi connectivity index (χ1) is 18.6. The molecule has 0 aromatic carbocycles. The summed E-state index contributed by atoms with van der Waals surface area (Å²) in [6.07, 6.45) is 1.22. The number of ether oxygens (including phenoxy) is 2. The number of nitrogens with zero attached hydrogens (tertiary/aromatic N) is 4. The van der Waals surface area contributed by atoms with Crippen molar-refractivity contribution in [2.45, 2.75) is 25.6 Å². The summed E-state index contributed by atoms with van der Waals surface area (Å²) >= 11 is 0. The second kappa shape index (κ2) is 12.2. The highest BCUT2D eigenvalue weighted by Crippen LogP contribution is 2.27. The number of carboxylic acid groups (broad SMARTS) is 1. The number of imidazole rings is 1. The van der Waals surface area contributed by atoms with Crippen molar-refractivity contribution >= 4 is 17.6 Å². The van der Waals surface area contributed by atoms with Crippen LogP contribution < -0.4 is 10.2 Å². The van der Waals surface area contributed by atoms with Gasteiger partial charge in [0.1, 0.15) is 11.4 Å². The Kier molecular flexibility index (Phi) is 8.76. The fourth-order valence-electron chi connectivity index (χ4n) is 4.02. The fraction of sp³-hybridized carbons (Fsp3) is 0.400. The maximum atomic E-state index is 12.7. The highest BCUT2D eigenvalue weighted by Gasteiger charge is 2.38. The third-order valence-electron chi connectivity index (χ3n) is 6.04. The minimum atomic E-state index is -5.08. The Hall–Kier alpha value is -4.04. The first-order valence-corrected chi connectivity index (χ1v) is 12.1. The number of hydrogen-bond acceptors (Lipinski definition) is 8. The van der Waals surface area contributed by atoms with E-state index in [1.165, 1.54) is 0 Å². The summed E-state index contributed by atoms with van der Waals surface area (Å²) in [5.41, 5.74) is 4.83. The lowest BCUT2D eigenvalue weighted by Gasteiger charge is -2.28.